The molecule has 20 heavy (non-hydrogen) atoms. The highest BCUT2D eigenvalue weighted by atomic mass is 16.6. The van der Waals surface area contributed by atoms with E-state index in [0.717, 1.165) is 0 Å². The quantitative estimate of drug-likeness (QED) is 0.587. The third-order valence-electron chi connectivity index (χ3n) is 3.91. The Labute approximate surface area is 117 Å². The molecule has 2 aliphatic carbocycles. The van der Waals surface area contributed by atoms with Crippen LogP contribution in [0.2, 0.25) is 0 Å². The van der Waals surface area contributed by atoms with Crippen LogP contribution in [0, 0.1) is 22.0 Å². The topological polar surface area (TPSA) is 93.0 Å². The fourth-order valence-electron chi connectivity index (χ4n) is 2.64. The Morgan fingerprint density at radius 2 is 1.90 bits per heavy atom. The number of nitrogens with one attached hydrogen (secondary N) is 2. The summed E-state index contributed by atoms with van der Waals surface area (Å²) in [6.45, 7) is 2.47. The molecule has 2 fully saturated rings. The second kappa shape index (κ2) is 5.22. The molecule has 1 aromatic rings. The lowest BCUT2D eigenvalue weighted by Gasteiger charge is -2.18. The number of aromatic nitrogens is 2. The maximum absolute atomic E-state index is 11.3. The molecule has 2 N–H and O–H groups in total. The molecule has 0 radical (unpaired) electrons. The summed E-state index contributed by atoms with van der Waals surface area (Å²) in [6.07, 6.45) is 6.24. The SMILES string of the molecule is CCNc1ncnc(NC(C2CC2)C2CC2)c1[N+](=O)[O-]. The second-order valence-corrected chi connectivity index (χ2v) is 5.55. The first kappa shape index (κ1) is 13.1. The van der Waals surface area contributed by atoms with E-state index < -0.39 is 4.92 Å². The third kappa shape index (κ3) is 2.66. The van der Waals surface area contributed by atoms with Gasteiger partial charge < -0.3 is 10.6 Å². The second-order valence-electron chi connectivity index (χ2n) is 5.55. The highest BCUT2D eigenvalue weighted by Crippen LogP contribution is 2.46. The van der Waals surface area contributed by atoms with Gasteiger partial charge >= 0.3 is 5.69 Å². The minimum atomic E-state index is -0.406. The normalized spacial score (nSPS) is 18.1. The van der Waals surface area contributed by atoms with E-state index in [4.69, 9.17) is 0 Å². The van der Waals surface area contributed by atoms with E-state index in [1.807, 2.05) is 6.92 Å². The highest BCUT2D eigenvalue weighted by Gasteiger charge is 2.42. The van der Waals surface area contributed by atoms with Crippen LogP contribution in [-0.4, -0.2) is 27.5 Å². The maximum Gasteiger partial charge on any atom is 0.353 e. The van der Waals surface area contributed by atoms with Crippen molar-refractivity contribution in [2.75, 3.05) is 17.2 Å². The molecule has 2 saturated carbocycles. The zero-order valence-corrected chi connectivity index (χ0v) is 11.5. The van der Waals surface area contributed by atoms with Gasteiger partial charge in [-0.05, 0) is 44.4 Å². The van der Waals surface area contributed by atoms with Gasteiger partial charge in [0, 0.05) is 12.6 Å². The third-order valence-corrected chi connectivity index (χ3v) is 3.91. The summed E-state index contributed by atoms with van der Waals surface area (Å²) in [4.78, 5) is 19.0. The Morgan fingerprint density at radius 3 is 2.40 bits per heavy atom. The molecule has 7 nitrogen and oxygen atoms in total. The number of rotatable bonds is 7. The number of nitro groups is 1. The maximum atomic E-state index is 11.3. The van der Waals surface area contributed by atoms with Crippen molar-refractivity contribution in [3.05, 3.63) is 16.4 Å². The molecule has 0 atom stereocenters. The smallest absolute Gasteiger partial charge is 0.353 e. The summed E-state index contributed by atoms with van der Waals surface area (Å²) < 4.78 is 0. The minimum Gasteiger partial charge on any atom is -0.364 e. The van der Waals surface area contributed by atoms with Gasteiger partial charge in [0.05, 0.1) is 4.92 Å². The first-order valence-electron chi connectivity index (χ1n) is 7.20. The molecule has 0 unspecified atom stereocenters. The molecule has 2 aliphatic rings. The molecule has 0 aliphatic heterocycles. The largest absolute Gasteiger partial charge is 0.364 e. The molecule has 1 heterocycles. The molecule has 7 heteroatoms. The van der Waals surface area contributed by atoms with Gasteiger partial charge in [-0.2, -0.15) is 0 Å². The first-order valence-corrected chi connectivity index (χ1v) is 7.20. The predicted molar refractivity (Wildman–Crippen MR) is 75.7 cm³/mol. The predicted octanol–water partition coefficient (Wildman–Crippen LogP) is 2.42. The highest BCUT2D eigenvalue weighted by molar-refractivity contribution is 5.69. The van der Waals surface area contributed by atoms with Crippen molar-refractivity contribution in [3.8, 4) is 0 Å². The average molecular weight is 277 g/mol. The van der Waals surface area contributed by atoms with E-state index in [9.17, 15) is 10.1 Å². The molecule has 1 aromatic heterocycles. The summed E-state index contributed by atoms with van der Waals surface area (Å²) in [6, 6.07) is 0.332. The molecular formula is C13H19N5O2. The van der Waals surface area contributed by atoms with Crippen LogP contribution in [0.5, 0.6) is 0 Å². The average Bonchev–Trinajstić information content (AvgIpc) is 3.28. The Kier molecular flexibility index (Phi) is 3.42. The Morgan fingerprint density at radius 1 is 1.30 bits per heavy atom. The van der Waals surface area contributed by atoms with E-state index in [1.54, 1.807) is 0 Å². The molecular weight excluding hydrogens is 258 g/mol. The Bertz CT molecular complexity index is 501. The van der Waals surface area contributed by atoms with Gasteiger partial charge in [0.1, 0.15) is 6.33 Å². The molecule has 0 amide bonds. The van der Waals surface area contributed by atoms with Crippen molar-refractivity contribution in [2.45, 2.75) is 38.6 Å². The van der Waals surface area contributed by atoms with Crippen molar-refractivity contribution in [3.63, 3.8) is 0 Å². The van der Waals surface area contributed by atoms with E-state index >= 15 is 0 Å². The lowest BCUT2D eigenvalue weighted by molar-refractivity contribution is -0.383. The van der Waals surface area contributed by atoms with Crippen molar-refractivity contribution in [1.82, 2.24) is 9.97 Å². The minimum absolute atomic E-state index is 0.0411. The zero-order chi connectivity index (χ0) is 14.1. The number of anilines is 2. The van der Waals surface area contributed by atoms with Crippen molar-refractivity contribution < 1.29 is 4.92 Å². The van der Waals surface area contributed by atoms with Crippen LogP contribution in [-0.2, 0) is 0 Å². The molecule has 0 aromatic carbocycles. The van der Waals surface area contributed by atoms with Crippen molar-refractivity contribution in [1.29, 1.82) is 0 Å². The van der Waals surface area contributed by atoms with Gasteiger partial charge in [0.2, 0.25) is 11.6 Å². The van der Waals surface area contributed by atoms with E-state index in [2.05, 4.69) is 20.6 Å². The lowest BCUT2D eigenvalue weighted by Crippen LogP contribution is -2.25. The van der Waals surface area contributed by atoms with Gasteiger partial charge in [-0.25, -0.2) is 9.97 Å². The Hall–Kier alpha value is -1.92. The zero-order valence-electron chi connectivity index (χ0n) is 11.5. The fraction of sp³-hybridized carbons (Fsp3) is 0.692. The van der Waals surface area contributed by atoms with Crippen molar-refractivity contribution in [2.24, 2.45) is 11.8 Å². The van der Waals surface area contributed by atoms with Crippen LogP contribution in [0.1, 0.15) is 32.6 Å². The van der Waals surface area contributed by atoms with Gasteiger partial charge in [-0.3, -0.25) is 10.1 Å². The summed E-state index contributed by atoms with van der Waals surface area (Å²) in [5.74, 6) is 1.95. The van der Waals surface area contributed by atoms with Crippen LogP contribution in [0.3, 0.4) is 0 Å². The lowest BCUT2D eigenvalue weighted by atomic mass is 10.1. The molecule has 0 bridgehead atoms. The van der Waals surface area contributed by atoms with Gasteiger partial charge in [-0.1, -0.05) is 0 Å². The van der Waals surface area contributed by atoms with Gasteiger partial charge in [0.15, 0.2) is 0 Å². The Balaban J connectivity index is 1.87. The van der Waals surface area contributed by atoms with E-state index in [1.165, 1.54) is 32.0 Å². The first-order chi connectivity index (χ1) is 9.70. The van der Waals surface area contributed by atoms with Crippen LogP contribution in [0.4, 0.5) is 17.3 Å². The molecule has 0 spiro atoms. The number of hydrogen-bond donors (Lipinski definition) is 2. The van der Waals surface area contributed by atoms with Gasteiger partial charge in [0.25, 0.3) is 0 Å². The van der Waals surface area contributed by atoms with Crippen LogP contribution in [0.15, 0.2) is 6.33 Å². The fourth-order valence-corrected chi connectivity index (χ4v) is 2.64. The summed E-state index contributed by atoms with van der Waals surface area (Å²) in [5, 5.41) is 17.6. The van der Waals surface area contributed by atoms with E-state index in [0.29, 0.717) is 36.1 Å². The molecule has 0 saturated heterocycles. The monoisotopic (exact) mass is 277 g/mol. The van der Waals surface area contributed by atoms with Crippen LogP contribution < -0.4 is 10.6 Å². The van der Waals surface area contributed by atoms with Crippen molar-refractivity contribution >= 4 is 17.3 Å². The summed E-state index contributed by atoms with van der Waals surface area (Å²) in [7, 11) is 0. The molecule has 108 valence electrons. The van der Waals surface area contributed by atoms with Crippen LogP contribution >= 0.6 is 0 Å². The number of nitrogens with zero attached hydrogens (tertiary/aromatic N) is 3. The van der Waals surface area contributed by atoms with Crippen LogP contribution in [0.25, 0.3) is 0 Å². The number of hydrogen-bond acceptors (Lipinski definition) is 6. The summed E-state index contributed by atoms with van der Waals surface area (Å²) >= 11 is 0. The van der Waals surface area contributed by atoms with Gasteiger partial charge in [-0.15, -0.1) is 0 Å². The standard InChI is InChI=1S/C13H19N5O2/c1-2-14-12-11(18(19)20)13(16-7-15-12)17-10(8-3-4-8)9-5-6-9/h7-10H,2-6H2,1H3,(H2,14,15,16,17). The summed E-state index contributed by atoms with van der Waals surface area (Å²) in [5.41, 5.74) is -0.0411. The molecule has 3 rings (SSSR count). The van der Waals surface area contributed by atoms with E-state index in [-0.39, 0.29) is 5.69 Å².